The summed E-state index contributed by atoms with van der Waals surface area (Å²) in [6, 6.07) is 6.37. The van der Waals surface area contributed by atoms with Gasteiger partial charge in [-0.2, -0.15) is 5.10 Å². The second-order valence-corrected chi connectivity index (χ2v) is 6.43. The molecule has 1 aliphatic rings. The fourth-order valence-electron chi connectivity index (χ4n) is 3.06. The highest BCUT2D eigenvalue weighted by molar-refractivity contribution is 5.84. The quantitative estimate of drug-likeness (QED) is 0.233. The molecule has 0 spiro atoms. The third kappa shape index (κ3) is 3.45. The molecule has 12 heteroatoms. The number of aliphatic hydroxyl groups excluding tert-OH is 3. The van der Waals surface area contributed by atoms with Crippen LogP contribution in [-0.4, -0.2) is 71.1 Å². The van der Waals surface area contributed by atoms with Crippen LogP contribution in [0.15, 0.2) is 35.7 Å². The number of aliphatic hydroxyl groups is 3. The summed E-state index contributed by atoms with van der Waals surface area (Å²) in [5.74, 6) is 0.387. The molecule has 1 saturated heterocycles. The van der Waals surface area contributed by atoms with E-state index in [1.165, 1.54) is 29.2 Å². The number of nitrogens with two attached hydrogens (primary N) is 1. The average molecular weight is 401 g/mol. The SMILES string of the molecule is Nc1ncnc2c1nc(N/N=C/c1ccc(O)cc1)n2[C@@H]1O[C@H](CO)[C@@H](O)[C@@H]1O. The number of hydrazone groups is 1. The van der Waals surface area contributed by atoms with E-state index in [-0.39, 0.29) is 28.7 Å². The fraction of sp³-hybridized carbons (Fsp3) is 0.294. The molecule has 12 nitrogen and oxygen atoms in total. The minimum Gasteiger partial charge on any atom is -0.508 e. The molecule has 4 rings (SSSR count). The summed E-state index contributed by atoms with van der Waals surface area (Å²) in [6.45, 7) is -0.472. The number of anilines is 2. The first-order valence-electron chi connectivity index (χ1n) is 8.68. The van der Waals surface area contributed by atoms with E-state index in [4.69, 9.17) is 10.5 Å². The second-order valence-electron chi connectivity index (χ2n) is 6.43. The van der Waals surface area contributed by atoms with Crippen molar-refractivity contribution in [1.29, 1.82) is 0 Å². The maximum absolute atomic E-state index is 10.4. The van der Waals surface area contributed by atoms with Gasteiger partial charge >= 0.3 is 0 Å². The summed E-state index contributed by atoms with van der Waals surface area (Å²) < 4.78 is 6.99. The van der Waals surface area contributed by atoms with Gasteiger partial charge in [0, 0.05) is 0 Å². The molecule has 0 amide bonds. The van der Waals surface area contributed by atoms with Crippen molar-refractivity contribution in [2.75, 3.05) is 17.8 Å². The summed E-state index contributed by atoms with van der Waals surface area (Å²) in [5.41, 5.74) is 9.84. The number of fused-ring (bicyclic) bond motifs is 1. The van der Waals surface area contributed by atoms with Crippen molar-refractivity contribution in [3.05, 3.63) is 36.2 Å². The molecule has 0 aliphatic carbocycles. The monoisotopic (exact) mass is 401 g/mol. The van der Waals surface area contributed by atoms with Gasteiger partial charge in [-0.05, 0) is 29.8 Å². The molecule has 0 unspecified atom stereocenters. The number of ether oxygens (including phenoxy) is 1. The van der Waals surface area contributed by atoms with Gasteiger partial charge in [0.2, 0.25) is 5.95 Å². The molecule has 7 N–H and O–H groups in total. The highest BCUT2D eigenvalue weighted by Gasteiger charge is 2.45. The molecular weight excluding hydrogens is 382 g/mol. The largest absolute Gasteiger partial charge is 0.508 e. The van der Waals surface area contributed by atoms with Crippen molar-refractivity contribution in [3.8, 4) is 5.75 Å². The Morgan fingerprint density at radius 3 is 2.66 bits per heavy atom. The van der Waals surface area contributed by atoms with Crippen LogP contribution in [-0.2, 0) is 4.74 Å². The lowest BCUT2D eigenvalue weighted by Crippen LogP contribution is -2.33. The lowest BCUT2D eigenvalue weighted by Gasteiger charge is -2.18. The van der Waals surface area contributed by atoms with E-state index in [1.54, 1.807) is 12.1 Å². The van der Waals surface area contributed by atoms with Crippen LogP contribution < -0.4 is 11.2 Å². The Kier molecular flexibility index (Phi) is 4.98. The van der Waals surface area contributed by atoms with Crippen LogP contribution in [0.1, 0.15) is 11.8 Å². The number of imidazole rings is 1. The maximum atomic E-state index is 10.4. The molecule has 1 aromatic carbocycles. The van der Waals surface area contributed by atoms with E-state index < -0.39 is 31.1 Å². The zero-order valence-corrected chi connectivity index (χ0v) is 15.0. The average Bonchev–Trinajstić information content (AvgIpc) is 3.22. The lowest BCUT2D eigenvalue weighted by atomic mass is 10.1. The first-order valence-corrected chi connectivity index (χ1v) is 8.68. The normalized spacial score (nSPS) is 24.5. The van der Waals surface area contributed by atoms with E-state index in [0.29, 0.717) is 5.56 Å². The van der Waals surface area contributed by atoms with Crippen molar-refractivity contribution in [3.63, 3.8) is 0 Å². The van der Waals surface area contributed by atoms with Crippen LogP contribution in [0, 0.1) is 0 Å². The maximum Gasteiger partial charge on any atom is 0.228 e. The first-order chi connectivity index (χ1) is 14.0. The number of aromatic nitrogens is 4. The number of benzene rings is 1. The molecule has 4 atom stereocenters. The highest BCUT2D eigenvalue weighted by atomic mass is 16.6. The number of phenols is 1. The van der Waals surface area contributed by atoms with Crippen molar-refractivity contribution in [2.45, 2.75) is 24.5 Å². The van der Waals surface area contributed by atoms with Crippen LogP contribution in [0.25, 0.3) is 11.2 Å². The van der Waals surface area contributed by atoms with Crippen molar-refractivity contribution in [2.24, 2.45) is 5.10 Å². The third-order valence-electron chi connectivity index (χ3n) is 4.55. The Hall–Kier alpha value is -3.32. The van der Waals surface area contributed by atoms with Gasteiger partial charge in [0.25, 0.3) is 0 Å². The Morgan fingerprint density at radius 1 is 1.21 bits per heavy atom. The molecule has 0 bridgehead atoms. The summed E-state index contributed by atoms with van der Waals surface area (Å²) in [4.78, 5) is 12.4. The predicted octanol–water partition coefficient (Wildman–Crippen LogP) is -0.828. The van der Waals surface area contributed by atoms with Gasteiger partial charge in [-0.1, -0.05) is 0 Å². The number of nitrogens with one attached hydrogen (secondary N) is 1. The number of nitrogen functional groups attached to an aromatic ring is 1. The number of rotatable bonds is 5. The van der Waals surface area contributed by atoms with Gasteiger partial charge < -0.3 is 30.9 Å². The molecule has 152 valence electrons. The summed E-state index contributed by atoms with van der Waals surface area (Å²) in [7, 11) is 0. The molecule has 1 aliphatic heterocycles. The molecule has 2 aromatic heterocycles. The van der Waals surface area contributed by atoms with Crippen molar-refractivity contribution in [1.82, 2.24) is 19.5 Å². The van der Waals surface area contributed by atoms with Crippen LogP contribution in [0.2, 0.25) is 0 Å². The van der Waals surface area contributed by atoms with Gasteiger partial charge in [0.05, 0.1) is 12.8 Å². The molecule has 29 heavy (non-hydrogen) atoms. The summed E-state index contributed by atoms with van der Waals surface area (Å²) in [6.07, 6.45) is -1.97. The van der Waals surface area contributed by atoms with Gasteiger partial charge in [-0.25, -0.2) is 20.4 Å². The Balaban J connectivity index is 1.71. The van der Waals surface area contributed by atoms with E-state index in [0.717, 1.165) is 0 Å². The first kappa shape index (κ1) is 19.0. The van der Waals surface area contributed by atoms with Crippen molar-refractivity contribution < 1.29 is 25.2 Å². The highest BCUT2D eigenvalue weighted by Crippen LogP contribution is 2.35. The second kappa shape index (κ2) is 7.60. The predicted molar refractivity (Wildman–Crippen MR) is 102 cm³/mol. The van der Waals surface area contributed by atoms with Gasteiger partial charge in [-0.3, -0.25) is 4.57 Å². The summed E-state index contributed by atoms with van der Waals surface area (Å²) in [5, 5.41) is 43.3. The number of nitrogens with zero attached hydrogens (tertiary/aromatic N) is 5. The smallest absolute Gasteiger partial charge is 0.228 e. The molecule has 1 fully saturated rings. The molecule has 3 heterocycles. The van der Waals surface area contributed by atoms with Crippen LogP contribution in [0.5, 0.6) is 5.75 Å². The number of phenolic OH excluding ortho intramolecular Hbond substituents is 1. The van der Waals surface area contributed by atoms with E-state index in [2.05, 4.69) is 25.5 Å². The van der Waals surface area contributed by atoms with Crippen molar-refractivity contribution >= 4 is 29.1 Å². The molecule has 0 radical (unpaired) electrons. The van der Waals surface area contributed by atoms with Crippen LogP contribution in [0.3, 0.4) is 0 Å². The summed E-state index contributed by atoms with van der Waals surface area (Å²) >= 11 is 0. The van der Waals surface area contributed by atoms with Gasteiger partial charge in [0.15, 0.2) is 23.2 Å². The molecule has 3 aromatic rings. The minimum absolute atomic E-state index is 0.117. The van der Waals surface area contributed by atoms with Crippen LogP contribution >= 0.6 is 0 Å². The van der Waals surface area contributed by atoms with Crippen LogP contribution in [0.4, 0.5) is 11.8 Å². The molecule has 0 saturated carbocycles. The Labute approximate surface area is 163 Å². The topological polar surface area (TPSA) is 184 Å². The third-order valence-corrected chi connectivity index (χ3v) is 4.55. The van der Waals surface area contributed by atoms with Gasteiger partial charge in [0.1, 0.15) is 30.4 Å². The van der Waals surface area contributed by atoms with Gasteiger partial charge in [-0.15, -0.1) is 0 Å². The lowest BCUT2D eigenvalue weighted by molar-refractivity contribution is -0.0501. The Morgan fingerprint density at radius 2 is 1.97 bits per heavy atom. The fourth-order valence-corrected chi connectivity index (χ4v) is 3.06. The minimum atomic E-state index is -1.35. The number of hydrogen-bond acceptors (Lipinski definition) is 11. The van der Waals surface area contributed by atoms with E-state index >= 15 is 0 Å². The standard InChI is InChI=1S/C17H19N7O5/c18-14-11-15(20-7-19-14)24(16-13(28)12(27)10(6-25)29-16)17(22-11)23-21-5-8-1-3-9(26)4-2-8/h1-5,7,10,12-13,16,25-28H,6H2,(H,22,23)(H2,18,19,20)/b21-5+/t10-,12-,13+,16-/m1/s1. The molecular formula is C17H19N7O5. The number of aromatic hydroxyl groups is 1. The van der Waals surface area contributed by atoms with E-state index in [9.17, 15) is 20.4 Å². The van der Waals surface area contributed by atoms with E-state index in [1.807, 2.05) is 0 Å². The zero-order valence-electron chi connectivity index (χ0n) is 15.0. The zero-order chi connectivity index (χ0) is 20.5. The Bertz CT molecular complexity index is 1040. The number of hydrogen-bond donors (Lipinski definition) is 6.